The predicted octanol–water partition coefficient (Wildman–Crippen LogP) is 5.13. The number of hydrogen-bond acceptors (Lipinski definition) is 5. The molecular weight excluding hydrogens is 410 g/mol. The van der Waals surface area contributed by atoms with Crippen molar-refractivity contribution in [1.82, 2.24) is 10.3 Å². The fraction of sp³-hybridized carbons (Fsp3) is 0.571. The van der Waals surface area contributed by atoms with E-state index >= 15 is 0 Å². The number of pyridine rings is 1. The minimum atomic E-state index is -0.181. The van der Waals surface area contributed by atoms with Crippen LogP contribution in [-0.2, 0) is 28.9 Å². The van der Waals surface area contributed by atoms with Crippen LogP contribution in [0.2, 0.25) is 0 Å². The Labute approximate surface area is 198 Å². The molecular formula is C28H39N3O2. The maximum absolute atomic E-state index is 12.8. The number of aryl methyl sites for hydroxylation is 2. The smallest absolute Gasteiger partial charge is 0.310 e. The lowest BCUT2D eigenvalue weighted by molar-refractivity contribution is -0.146. The molecule has 33 heavy (non-hydrogen) atoms. The van der Waals surface area contributed by atoms with Crippen LogP contribution < -0.4 is 10.2 Å². The normalized spacial score (nSPS) is 17.7. The lowest BCUT2D eigenvalue weighted by Crippen LogP contribution is -2.38. The van der Waals surface area contributed by atoms with Gasteiger partial charge in [-0.15, -0.1) is 0 Å². The van der Waals surface area contributed by atoms with Crippen molar-refractivity contribution in [2.75, 3.05) is 24.5 Å². The summed E-state index contributed by atoms with van der Waals surface area (Å²) in [5.74, 6) is -0.181. The van der Waals surface area contributed by atoms with E-state index in [-0.39, 0.29) is 18.5 Å². The predicted molar refractivity (Wildman–Crippen MR) is 135 cm³/mol. The molecule has 1 saturated heterocycles. The van der Waals surface area contributed by atoms with Crippen LogP contribution in [0.4, 0.5) is 5.69 Å². The number of carbonyl (C=O) groups excluding carboxylic acids is 1. The topological polar surface area (TPSA) is 54.5 Å². The summed E-state index contributed by atoms with van der Waals surface area (Å²) in [6, 6.07) is 6.84. The highest BCUT2D eigenvalue weighted by Gasteiger charge is 2.30. The molecule has 0 radical (unpaired) electrons. The Bertz CT molecular complexity index is 1030. The van der Waals surface area contributed by atoms with E-state index in [0.29, 0.717) is 5.41 Å². The Balaban J connectivity index is 1.84. The standard InChI is InChI=1S/C28H39N3O2/c1-18(2)33-25(32)16-24-19(3)30-20(4)26(27(24)31-13-10-28(5,6)11-14-31)22-7-8-23-17-29-12-9-21(23)15-22/h7-8,15,18,29H,9-14,16-17H2,1-6H3. The zero-order chi connectivity index (χ0) is 23.8. The zero-order valence-electron chi connectivity index (χ0n) is 21.2. The summed E-state index contributed by atoms with van der Waals surface area (Å²) in [5.41, 5.74) is 9.69. The maximum atomic E-state index is 12.8. The number of esters is 1. The van der Waals surface area contributed by atoms with Crippen molar-refractivity contribution in [1.29, 1.82) is 0 Å². The molecule has 3 heterocycles. The summed E-state index contributed by atoms with van der Waals surface area (Å²) in [5, 5.41) is 3.46. The van der Waals surface area contributed by atoms with Gasteiger partial charge in [-0.2, -0.15) is 0 Å². The van der Waals surface area contributed by atoms with Gasteiger partial charge in [0.15, 0.2) is 0 Å². The van der Waals surface area contributed by atoms with Gasteiger partial charge in [-0.1, -0.05) is 32.0 Å². The molecule has 1 aromatic carbocycles. The molecule has 2 aliphatic rings. The quantitative estimate of drug-likeness (QED) is 0.641. The SMILES string of the molecule is Cc1nc(C)c(-c2ccc3c(c2)CCNC3)c(N2CCC(C)(C)CC2)c1CC(=O)OC(C)C. The first-order chi connectivity index (χ1) is 15.6. The number of fused-ring (bicyclic) bond motifs is 1. The van der Waals surface area contributed by atoms with Crippen LogP contribution in [0.3, 0.4) is 0 Å². The molecule has 0 amide bonds. The lowest BCUT2D eigenvalue weighted by Gasteiger charge is -2.40. The molecule has 0 unspecified atom stereocenters. The maximum Gasteiger partial charge on any atom is 0.310 e. The van der Waals surface area contributed by atoms with Gasteiger partial charge in [0.25, 0.3) is 0 Å². The summed E-state index contributed by atoms with van der Waals surface area (Å²) in [7, 11) is 0. The van der Waals surface area contributed by atoms with Gasteiger partial charge in [-0.25, -0.2) is 0 Å². The molecule has 0 saturated carbocycles. The number of anilines is 1. The first-order valence-corrected chi connectivity index (χ1v) is 12.4. The number of nitrogens with zero attached hydrogens (tertiary/aromatic N) is 2. The number of piperidine rings is 1. The number of rotatable bonds is 5. The van der Waals surface area contributed by atoms with E-state index in [1.54, 1.807) is 0 Å². The molecule has 0 atom stereocenters. The molecule has 0 bridgehead atoms. The number of aromatic nitrogens is 1. The van der Waals surface area contributed by atoms with Crippen LogP contribution in [0.15, 0.2) is 18.2 Å². The van der Waals surface area contributed by atoms with Crippen molar-refractivity contribution < 1.29 is 9.53 Å². The summed E-state index contributed by atoms with van der Waals surface area (Å²) in [4.78, 5) is 20.2. The molecule has 1 aromatic heterocycles. The van der Waals surface area contributed by atoms with E-state index in [1.165, 1.54) is 27.9 Å². The second kappa shape index (κ2) is 9.46. The third-order valence-corrected chi connectivity index (χ3v) is 7.16. The lowest BCUT2D eigenvalue weighted by atomic mass is 9.82. The van der Waals surface area contributed by atoms with Gasteiger partial charge >= 0.3 is 5.97 Å². The summed E-state index contributed by atoms with van der Waals surface area (Å²) >= 11 is 0. The zero-order valence-corrected chi connectivity index (χ0v) is 21.2. The van der Waals surface area contributed by atoms with E-state index in [4.69, 9.17) is 9.72 Å². The first-order valence-electron chi connectivity index (χ1n) is 12.4. The molecule has 4 rings (SSSR count). The molecule has 2 aromatic rings. The fourth-order valence-corrected chi connectivity index (χ4v) is 5.19. The van der Waals surface area contributed by atoms with Crippen LogP contribution in [-0.4, -0.2) is 36.7 Å². The van der Waals surface area contributed by atoms with Gasteiger partial charge in [0.1, 0.15) is 0 Å². The van der Waals surface area contributed by atoms with Crippen molar-refractivity contribution >= 4 is 11.7 Å². The van der Waals surface area contributed by atoms with Gasteiger partial charge in [0.05, 0.1) is 18.2 Å². The summed E-state index contributed by atoms with van der Waals surface area (Å²) in [6.45, 7) is 16.6. The number of hydrogen-bond donors (Lipinski definition) is 1. The molecule has 0 aliphatic carbocycles. The molecule has 1 N–H and O–H groups in total. The van der Waals surface area contributed by atoms with E-state index in [2.05, 4.69) is 49.2 Å². The van der Waals surface area contributed by atoms with Crippen LogP contribution in [0.5, 0.6) is 0 Å². The highest BCUT2D eigenvalue weighted by molar-refractivity contribution is 5.87. The minimum absolute atomic E-state index is 0.121. The Morgan fingerprint density at radius 3 is 2.58 bits per heavy atom. The number of nitrogens with one attached hydrogen (secondary N) is 1. The number of carbonyl (C=O) groups is 1. The van der Waals surface area contributed by atoms with Gasteiger partial charge in [-0.3, -0.25) is 9.78 Å². The molecule has 5 heteroatoms. The fourth-order valence-electron chi connectivity index (χ4n) is 5.19. The molecule has 1 fully saturated rings. The van der Waals surface area contributed by atoms with Crippen LogP contribution in [0, 0.1) is 19.3 Å². The molecule has 178 valence electrons. The van der Waals surface area contributed by atoms with Crippen molar-refractivity contribution in [2.45, 2.75) is 79.9 Å². The Hall–Kier alpha value is -2.40. The van der Waals surface area contributed by atoms with Gasteiger partial charge in [-0.05, 0) is 75.6 Å². The van der Waals surface area contributed by atoms with Crippen LogP contribution >= 0.6 is 0 Å². The van der Waals surface area contributed by atoms with E-state index in [1.807, 2.05) is 20.8 Å². The third-order valence-electron chi connectivity index (χ3n) is 7.16. The van der Waals surface area contributed by atoms with Crippen molar-refractivity contribution in [3.63, 3.8) is 0 Å². The second-order valence-electron chi connectivity index (χ2n) is 10.8. The van der Waals surface area contributed by atoms with Crippen molar-refractivity contribution in [3.05, 3.63) is 46.3 Å². The average molecular weight is 450 g/mol. The Kier molecular flexibility index (Phi) is 6.81. The third kappa shape index (κ3) is 5.24. The molecule has 2 aliphatic heterocycles. The van der Waals surface area contributed by atoms with E-state index in [9.17, 15) is 4.79 Å². The van der Waals surface area contributed by atoms with Crippen molar-refractivity contribution in [2.24, 2.45) is 5.41 Å². The summed E-state index contributed by atoms with van der Waals surface area (Å²) in [6.07, 6.45) is 3.46. The van der Waals surface area contributed by atoms with Gasteiger partial charge in [0, 0.05) is 42.1 Å². The van der Waals surface area contributed by atoms with Crippen LogP contribution in [0.1, 0.15) is 68.6 Å². The average Bonchev–Trinajstić information content (AvgIpc) is 2.75. The van der Waals surface area contributed by atoms with Crippen LogP contribution in [0.25, 0.3) is 11.1 Å². The molecule has 5 nitrogen and oxygen atoms in total. The van der Waals surface area contributed by atoms with Crippen molar-refractivity contribution in [3.8, 4) is 11.1 Å². The number of benzene rings is 1. The monoisotopic (exact) mass is 449 g/mol. The first kappa shape index (κ1) is 23.7. The largest absolute Gasteiger partial charge is 0.463 e. The highest BCUT2D eigenvalue weighted by atomic mass is 16.5. The number of ether oxygens (including phenoxy) is 1. The Morgan fingerprint density at radius 1 is 1.15 bits per heavy atom. The van der Waals surface area contributed by atoms with E-state index < -0.39 is 0 Å². The summed E-state index contributed by atoms with van der Waals surface area (Å²) < 4.78 is 5.54. The second-order valence-corrected chi connectivity index (χ2v) is 10.8. The Morgan fingerprint density at radius 2 is 1.88 bits per heavy atom. The molecule has 0 spiro atoms. The minimum Gasteiger partial charge on any atom is -0.463 e. The van der Waals surface area contributed by atoms with Gasteiger partial charge < -0.3 is 15.0 Å². The highest BCUT2D eigenvalue weighted by Crippen LogP contribution is 2.42. The van der Waals surface area contributed by atoms with Gasteiger partial charge in [0.2, 0.25) is 0 Å². The van der Waals surface area contributed by atoms with E-state index in [0.717, 1.165) is 62.4 Å².